The highest BCUT2D eigenvalue weighted by molar-refractivity contribution is 8.00. The molecule has 2 rings (SSSR count). The van der Waals surface area contributed by atoms with Gasteiger partial charge in [0.2, 0.25) is 5.91 Å². The minimum atomic E-state index is -0.322. The predicted molar refractivity (Wildman–Crippen MR) is 69.5 cm³/mol. The van der Waals surface area contributed by atoms with Crippen LogP contribution in [-0.2, 0) is 9.63 Å². The Kier molecular flexibility index (Phi) is 3.88. The molecule has 1 aromatic carbocycles. The van der Waals surface area contributed by atoms with Crippen LogP contribution in [0.1, 0.15) is 24.2 Å². The van der Waals surface area contributed by atoms with Gasteiger partial charge in [-0.05, 0) is 32.0 Å². The van der Waals surface area contributed by atoms with Gasteiger partial charge in [0, 0.05) is 10.5 Å². The first-order valence-electron chi connectivity index (χ1n) is 5.65. The summed E-state index contributed by atoms with van der Waals surface area (Å²) >= 11 is 1.48. The zero-order chi connectivity index (χ0) is 13.1. The van der Waals surface area contributed by atoms with E-state index in [1.165, 1.54) is 11.8 Å². The van der Waals surface area contributed by atoms with E-state index in [0.29, 0.717) is 17.9 Å². The monoisotopic (exact) mass is 266 g/mol. The molecular formula is C12H14N2O3S. The molecule has 0 bridgehead atoms. The molecule has 0 radical (unpaired) electrons. The average Bonchev–Trinajstić information content (AvgIpc) is 2.36. The van der Waals surface area contributed by atoms with Crippen LogP contribution in [-0.4, -0.2) is 23.7 Å². The third-order valence-corrected chi connectivity index (χ3v) is 3.66. The number of amides is 2. The third kappa shape index (κ3) is 2.65. The molecule has 2 N–H and O–H groups in total. The van der Waals surface area contributed by atoms with Crippen molar-refractivity contribution < 1.29 is 14.4 Å². The van der Waals surface area contributed by atoms with E-state index in [0.717, 1.165) is 4.90 Å². The van der Waals surface area contributed by atoms with Gasteiger partial charge in [-0.2, -0.15) is 0 Å². The van der Waals surface area contributed by atoms with Crippen molar-refractivity contribution in [1.82, 2.24) is 5.48 Å². The largest absolute Gasteiger partial charge is 0.324 e. The Hall–Kier alpha value is -1.53. The van der Waals surface area contributed by atoms with Gasteiger partial charge < -0.3 is 5.32 Å². The van der Waals surface area contributed by atoms with Crippen LogP contribution in [0.3, 0.4) is 0 Å². The fourth-order valence-corrected chi connectivity index (χ4v) is 2.48. The van der Waals surface area contributed by atoms with Crippen LogP contribution in [0.25, 0.3) is 0 Å². The van der Waals surface area contributed by atoms with Crippen molar-refractivity contribution in [1.29, 1.82) is 0 Å². The van der Waals surface area contributed by atoms with Crippen LogP contribution in [0.2, 0.25) is 0 Å². The smallest absolute Gasteiger partial charge is 0.274 e. The van der Waals surface area contributed by atoms with Gasteiger partial charge in [-0.15, -0.1) is 11.8 Å². The van der Waals surface area contributed by atoms with Crippen molar-refractivity contribution in [3.8, 4) is 0 Å². The van der Waals surface area contributed by atoms with Crippen molar-refractivity contribution in [2.75, 3.05) is 11.9 Å². The van der Waals surface area contributed by atoms with Crippen LogP contribution in [0, 0.1) is 0 Å². The minimum Gasteiger partial charge on any atom is -0.324 e. The molecular weight excluding hydrogens is 252 g/mol. The van der Waals surface area contributed by atoms with E-state index in [-0.39, 0.29) is 17.1 Å². The number of carbonyl (C=O) groups excluding carboxylic acids is 2. The van der Waals surface area contributed by atoms with Crippen molar-refractivity contribution >= 4 is 29.3 Å². The Morgan fingerprint density at radius 3 is 3.06 bits per heavy atom. The summed E-state index contributed by atoms with van der Waals surface area (Å²) in [6, 6.07) is 5.20. The van der Waals surface area contributed by atoms with E-state index in [1.54, 1.807) is 19.1 Å². The van der Waals surface area contributed by atoms with E-state index < -0.39 is 0 Å². The summed E-state index contributed by atoms with van der Waals surface area (Å²) < 4.78 is 0. The summed E-state index contributed by atoms with van der Waals surface area (Å²) in [5, 5.41) is 2.67. The molecule has 96 valence electrons. The van der Waals surface area contributed by atoms with Gasteiger partial charge in [0.15, 0.2) is 0 Å². The Morgan fingerprint density at radius 2 is 2.33 bits per heavy atom. The molecule has 1 aromatic rings. The fourth-order valence-electron chi connectivity index (χ4n) is 1.55. The summed E-state index contributed by atoms with van der Waals surface area (Å²) in [6.45, 7) is 4.03. The Morgan fingerprint density at radius 1 is 1.56 bits per heavy atom. The van der Waals surface area contributed by atoms with E-state index >= 15 is 0 Å². The van der Waals surface area contributed by atoms with Gasteiger partial charge >= 0.3 is 0 Å². The number of hydroxylamine groups is 1. The lowest BCUT2D eigenvalue weighted by atomic mass is 10.2. The number of thioether (sulfide) groups is 1. The normalized spacial score (nSPS) is 17.9. The number of carbonyl (C=O) groups is 2. The SMILES string of the molecule is CCONC(=O)c1ccc2c(c1)NC(=O)C(C)S2. The molecule has 0 fully saturated rings. The zero-order valence-electron chi connectivity index (χ0n) is 10.1. The molecule has 5 nitrogen and oxygen atoms in total. The maximum absolute atomic E-state index is 11.7. The number of nitrogens with one attached hydrogen (secondary N) is 2. The zero-order valence-corrected chi connectivity index (χ0v) is 11.0. The summed E-state index contributed by atoms with van der Waals surface area (Å²) in [5.74, 6) is -0.368. The minimum absolute atomic E-state index is 0.0464. The van der Waals surface area contributed by atoms with Gasteiger partial charge in [0.1, 0.15) is 0 Å². The maximum atomic E-state index is 11.7. The van der Waals surface area contributed by atoms with E-state index in [4.69, 9.17) is 4.84 Å². The molecule has 0 spiro atoms. The number of hydrogen-bond acceptors (Lipinski definition) is 4. The second-order valence-electron chi connectivity index (χ2n) is 3.82. The molecule has 1 unspecified atom stereocenters. The highest BCUT2D eigenvalue weighted by atomic mass is 32.2. The van der Waals surface area contributed by atoms with Crippen molar-refractivity contribution in [2.45, 2.75) is 24.0 Å². The van der Waals surface area contributed by atoms with Crippen LogP contribution in [0.4, 0.5) is 5.69 Å². The first-order valence-corrected chi connectivity index (χ1v) is 6.53. The molecule has 0 saturated carbocycles. The maximum Gasteiger partial charge on any atom is 0.274 e. The van der Waals surface area contributed by atoms with Crippen molar-refractivity contribution in [3.63, 3.8) is 0 Å². The molecule has 18 heavy (non-hydrogen) atoms. The molecule has 1 heterocycles. The number of fused-ring (bicyclic) bond motifs is 1. The lowest BCUT2D eigenvalue weighted by molar-refractivity contribution is -0.115. The van der Waals surface area contributed by atoms with E-state index in [9.17, 15) is 9.59 Å². The fraction of sp³-hybridized carbons (Fsp3) is 0.333. The van der Waals surface area contributed by atoms with Gasteiger partial charge in [-0.3, -0.25) is 14.4 Å². The van der Waals surface area contributed by atoms with Crippen LogP contribution >= 0.6 is 11.8 Å². The highest BCUT2D eigenvalue weighted by Crippen LogP contribution is 2.35. The van der Waals surface area contributed by atoms with Crippen LogP contribution in [0.15, 0.2) is 23.1 Å². The highest BCUT2D eigenvalue weighted by Gasteiger charge is 2.23. The lowest BCUT2D eigenvalue weighted by Crippen LogP contribution is -2.27. The Labute approximate surface area is 109 Å². The first-order chi connectivity index (χ1) is 8.61. The van der Waals surface area contributed by atoms with Gasteiger partial charge in [-0.1, -0.05) is 0 Å². The number of rotatable bonds is 3. The molecule has 1 aliphatic rings. The standard InChI is InChI=1S/C12H14N2O3S/c1-3-17-14-12(16)8-4-5-10-9(6-8)13-11(15)7(2)18-10/h4-7H,3H2,1-2H3,(H,13,15)(H,14,16). The second kappa shape index (κ2) is 5.41. The number of hydrogen-bond donors (Lipinski definition) is 2. The number of benzene rings is 1. The Balaban J connectivity index is 2.19. The molecule has 0 saturated heterocycles. The van der Waals surface area contributed by atoms with Crippen molar-refractivity contribution in [3.05, 3.63) is 23.8 Å². The lowest BCUT2D eigenvalue weighted by Gasteiger charge is -2.21. The Bertz CT molecular complexity index is 490. The predicted octanol–water partition coefficient (Wildman–Crippen LogP) is 1.80. The second-order valence-corrected chi connectivity index (χ2v) is 5.21. The molecule has 0 aliphatic carbocycles. The van der Waals surface area contributed by atoms with Crippen LogP contribution in [0.5, 0.6) is 0 Å². The molecule has 0 aromatic heterocycles. The quantitative estimate of drug-likeness (QED) is 0.819. The summed E-state index contributed by atoms with van der Waals surface area (Å²) in [6.07, 6.45) is 0. The third-order valence-electron chi connectivity index (χ3n) is 2.48. The van der Waals surface area contributed by atoms with E-state index in [1.807, 2.05) is 13.0 Å². The molecule has 1 atom stereocenters. The summed E-state index contributed by atoms with van der Waals surface area (Å²) in [4.78, 5) is 29.0. The summed E-state index contributed by atoms with van der Waals surface area (Å²) in [7, 11) is 0. The van der Waals surface area contributed by atoms with Crippen LogP contribution < -0.4 is 10.8 Å². The van der Waals surface area contributed by atoms with Gasteiger partial charge in [0.25, 0.3) is 5.91 Å². The average molecular weight is 266 g/mol. The number of anilines is 1. The molecule has 6 heteroatoms. The van der Waals surface area contributed by atoms with E-state index in [2.05, 4.69) is 10.8 Å². The molecule has 2 amide bonds. The van der Waals surface area contributed by atoms with Gasteiger partial charge in [0.05, 0.1) is 17.5 Å². The molecule has 1 aliphatic heterocycles. The van der Waals surface area contributed by atoms with Crippen molar-refractivity contribution in [2.24, 2.45) is 0 Å². The topological polar surface area (TPSA) is 67.4 Å². The first kappa shape index (κ1) is 12.9. The summed E-state index contributed by atoms with van der Waals surface area (Å²) in [5.41, 5.74) is 3.45. The van der Waals surface area contributed by atoms with Gasteiger partial charge in [-0.25, -0.2) is 5.48 Å².